The molecule has 2 aromatic rings. The van der Waals surface area contributed by atoms with E-state index < -0.39 is 27.2 Å². The monoisotopic (exact) mass is 590 g/mol. The molecule has 0 unspecified atom stereocenters. The van der Waals surface area contributed by atoms with Gasteiger partial charge in [-0.1, -0.05) is 41.5 Å². The molecule has 0 fully saturated rings. The third-order valence-corrected chi connectivity index (χ3v) is 6.73. The maximum absolute atomic E-state index is 15.1. The number of hydrazine groups is 2. The van der Waals surface area contributed by atoms with Crippen molar-refractivity contribution < 1.29 is 27.1 Å². The number of hydrogen-bond acceptors (Lipinski definition) is 8. The van der Waals surface area contributed by atoms with E-state index in [1.807, 2.05) is 41.5 Å². The van der Waals surface area contributed by atoms with Crippen molar-refractivity contribution in [2.24, 2.45) is 5.41 Å². The van der Waals surface area contributed by atoms with Crippen LogP contribution in [0.2, 0.25) is 0 Å². The highest BCUT2D eigenvalue weighted by Crippen LogP contribution is 2.39. The van der Waals surface area contributed by atoms with Crippen LogP contribution in [0.1, 0.15) is 63.0 Å². The molecule has 2 amide bonds. The number of rotatable bonds is 8. The van der Waals surface area contributed by atoms with Crippen LogP contribution in [-0.2, 0) is 20.2 Å². The van der Waals surface area contributed by atoms with Crippen LogP contribution in [0.25, 0.3) is 0 Å². The van der Waals surface area contributed by atoms with E-state index in [2.05, 4.69) is 26.3 Å². The molecule has 0 spiro atoms. The fourth-order valence-corrected chi connectivity index (χ4v) is 4.44. The van der Waals surface area contributed by atoms with Gasteiger partial charge < -0.3 is 15.4 Å². The summed E-state index contributed by atoms with van der Waals surface area (Å²) in [6.07, 6.45) is 2.49. The maximum Gasteiger partial charge on any atom is 0.270 e. The summed E-state index contributed by atoms with van der Waals surface area (Å²) in [6, 6.07) is 5.92. The van der Waals surface area contributed by atoms with Crippen molar-refractivity contribution in [2.75, 3.05) is 35.0 Å². The van der Waals surface area contributed by atoms with Crippen LogP contribution >= 0.6 is 0 Å². The van der Waals surface area contributed by atoms with Gasteiger partial charge in [-0.2, -0.15) is 0 Å². The van der Waals surface area contributed by atoms with Gasteiger partial charge in [-0.25, -0.2) is 12.8 Å². The van der Waals surface area contributed by atoms with Crippen LogP contribution in [0, 0.1) is 18.2 Å². The van der Waals surface area contributed by atoms with Crippen LogP contribution in [0.3, 0.4) is 0 Å². The summed E-state index contributed by atoms with van der Waals surface area (Å²) in [5.41, 5.74) is 6.90. The lowest BCUT2D eigenvalue weighted by Gasteiger charge is -2.24. The number of benzene rings is 2. The Balaban J connectivity index is 1.96. The van der Waals surface area contributed by atoms with E-state index in [4.69, 9.17) is 4.74 Å². The number of sulfonamides is 1. The fourth-order valence-electron chi connectivity index (χ4n) is 3.89. The van der Waals surface area contributed by atoms with E-state index in [1.165, 1.54) is 24.4 Å². The van der Waals surface area contributed by atoms with Crippen LogP contribution in [-0.4, -0.2) is 40.1 Å². The second kappa shape index (κ2) is 11.6. The first-order chi connectivity index (χ1) is 18.8. The molecule has 5 N–H and O–H groups in total. The SMILES string of the molecule is COc1c(NC(=O)c2cc(F)c(C)c(N3C=C(C(=O)NCC(C)(C)C)NN3)c2)cc(C(C)(C)C)cc1NS(C)(=O)=O. The van der Waals surface area contributed by atoms with Gasteiger partial charge in [-0.3, -0.25) is 24.7 Å². The van der Waals surface area contributed by atoms with Crippen LogP contribution < -0.4 is 36.1 Å². The predicted molar refractivity (Wildman–Crippen MR) is 159 cm³/mol. The number of amides is 2. The summed E-state index contributed by atoms with van der Waals surface area (Å²) in [5, 5.41) is 6.99. The lowest BCUT2D eigenvalue weighted by Crippen LogP contribution is -2.41. The van der Waals surface area contributed by atoms with Crippen molar-refractivity contribution in [3.8, 4) is 5.75 Å². The number of carbonyl (C=O) groups excluding carboxylic acids is 2. The number of carbonyl (C=O) groups is 2. The van der Waals surface area contributed by atoms with Gasteiger partial charge in [0.05, 0.1) is 36.6 Å². The Labute approximate surface area is 240 Å². The zero-order chi connectivity index (χ0) is 30.9. The first-order valence-corrected chi connectivity index (χ1v) is 14.8. The molecule has 3 rings (SSSR count). The zero-order valence-electron chi connectivity index (χ0n) is 24.9. The summed E-state index contributed by atoms with van der Waals surface area (Å²) < 4.78 is 47.0. The minimum absolute atomic E-state index is 0.00947. The van der Waals surface area contributed by atoms with Gasteiger partial charge in [0, 0.05) is 17.7 Å². The molecule has 11 nitrogen and oxygen atoms in total. The Kier molecular flexibility index (Phi) is 8.94. The average Bonchev–Trinajstić information content (AvgIpc) is 3.32. The molecule has 224 valence electrons. The molecule has 41 heavy (non-hydrogen) atoms. The third kappa shape index (κ3) is 8.10. The van der Waals surface area contributed by atoms with Gasteiger partial charge in [0.25, 0.3) is 11.8 Å². The van der Waals surface area contributed by atoms with Crippen molar-refractivity contribution >= 4 is 38.9 Å². The molecule has 1 heterocycles. The maximum atomic E-state index is 15.1. The number of nitrogens with one attached hydrogen (secondary N) is 5. The molecule has 0 atom stereocenters. The molecule has 2 aromatic carbocycles. The van der Waals surface area contributed by atoms with E-state index in [9.17, 15) is 18.0 Å². The van der Waals surface area contributed by atoms with Crippen molar-refractivity contribution in [1.82, 2.24) is 16.3 Å². The summed E-state index contributed by atoms with van der Waals surface area (Å²) in [6.45, 7) is 13.8. The van der Waals surface area contributed by atoms with Gasteiger partial charge in [0.1, 0.15) is 11.5 Å². The first kappa shape index (κ1) is 31.7. The highest BCUT2D eigenvalue weighted by molar-refractivity contribution is 7.92. The molecule has 0 bridgehead atoms. The minimum Gasteiger partial charge on any atom is -0.492 e. The van der Waals surface area contributed by atoms with Crippen LogP contribution in [0.5, 0.6) is 5.75 Å². The molecule has 1 aliphatic heterocycles. The van der Waals surface area contributed by atoms with Crippen molar-refractivity contribution in [3.63, 3.8) is 0 Å². The molecule has 1 aliphatic rings. The summed E-state index contributed by atoms with van der Waals surface area (Å²) in [4.78, 5) is 26.0. The molecule has 13 heteroatoms. The Morgan fingerprint density at radius 3 is 2.22 bits per heavy atom. The van der Waals surface area contributed by atoms with Crippen molar-refractivity contribution in [1.29, 1.82) is 0 Å². The highest BCUT2D eigenvalue weighted by atomic mass is 32.2. The smallest absolute Gasteiger partial charge is 0.270 e. The lowest BCUT2D eigenvalue weighted by atomic mass is 9.86. The van der Waals surface area contributed by atoms with Crippen molar-refractivity contribution in [3.05, 3.63) is 58.7 Å². The number of hydrogen-bond donors (Lipinski definition) is 5. The largest absolute Gasteiger partial charge is 0.492 e. The van der Waals surface area contributed by atoms with Crippen LogP contribution in [0.15, 0.2) is 36.2 Å². The van der Waals surface area contributed by atoms with E-state index in [0.29, 0.717) is 12.2 Å². The molecule has 0 saturated heterocycles. The number of anilines is 3. The topological polar surface area (TPSA) is 141 Å². The standard InChI is InChI=1S/C28H39FN6O5S/c1-16-19(29)10-17(11-23(16)35-14-22(32-34-35)26(37)30-15-27(2,3)4)25(36)31-20-12-18(28(5,6)7)13-21(24(20)40-8)33-41(9,38)39/h10-14,32-34H,15H2,1-9H3,(H,30,37)(H,31,36). The fraction of sp³-hybridized carbons (Fsp3) is 0.429. The number of nitrogens with zero attached hydrogens (tertiary/aromatic N) is 1. The minimum atomic E-state index is -3.66. The predicted octanol–water partition coefficient (Wildman–Crippen LogP) is 3.90. The first-order valence-electron chi connectivity index (χ1n) is 12.9. The van der Waals surface area contributed by atoms with E-state index in [1.54, 1.807) is 19.1 Å². The average molecular weight is 591 g/mol. The molecule has 0 radical (unpaired) electrons. The second-order valence-electron chi connectivity index (χ2n) is 12.2. The third-order valence-electron chi connectivity index (χ3n) is 6.13. The second-order valence-corrected chi connectivity index (χ2v) is 13.9. The Morgan fingerprint density at radius 1 is 1.02 bits per heavy atom. The van der Waals surface area contributed by atoms with Gasteiger partial charge in [0.2, 0.25) is 10.0 Å². The normalized spacial score (nSPS) is 13.8. The van der Waals surface area contributed by atoms with E-state index in [-0.39, 0.29) is 45.3 Å². The quantitative estimate of drug-likeness (QED) is 0.312. The van der Waals surface area contributed by atoms with Gasteiger partial charge in [-0.15, -0.1) is 5.53 Å². The summed E-state index contributed by atoms with van der Waals surface area (Å²) in [7, 11) is -2.31. The number of methoxy groups -OCH3 is 1. The van der Waals surface area contributed by atoms with E-state index in [0.717, 1.165) is 17.9 Å². The molecular formula is C28H39FN6O5S. The molecule has 0 aromatic heterocycles. The van der Waals surface area contributed by atoms with E-state index >= 15 is 4.39 Å². The number of ether oxygens (including phenoxy) is 1. The Morgan fingerprint density at radius 2 is 1.66 bits per heavy atom. The van der Waals surface area contributed by atoms with Gasteiger partial charge in [0.15, 0.2) is 5.75 Å². The highest BCUT2D eigenvalue weighted by Gasteiger charge is 2.25. The van der Waals surface area contributed by atoms with Gasteiger partial charge >= 0.3 is 0 Å². The Hall–Kier alpha value is -3.84. The van der Waals surface area contributed by atoms with Crippen LogP contribution in [0.4, 0.5) is 21.5 Å². The summed E-state index contributed by atoms with van der Waals surface area (Å²) in [5.74, 6) is -1.53. The summed E-state index contributed by atoms with van der Waals surface area (Å²) >= 11 is 0. The molecular weight excluding hydrogens is 551 g/mol. The Bertz CT molecular complexity index is 1490. The van der Waals surface area contributed by atoms with Gasteiger partial charge in [-0.05, 0) is 47.6 Å². The zero-order valence-corrected chi connectivity index (χ0v) is 25.7. The van der Waals surface area contributed by atoms with Crippen molar-refractivity contribution in [2.45, 2.75) is 53.9 Å². The molecule has 0 saturated carbocycles. The lowest BCUT2D eigenvalue weighted by molar-refractivity contribution is -0.118. The molecule has 0 aliphatic carbocycles. The number of halogens is 1.